The summed E-state index contributed by atoms with van der Waals surface area (Å²) in [7, 11) is 0. The van der Waals surface area contributed by atoms with Crippen molar-refractivity contribution in [3.05, 3.63) is 59.7 Å². The van der Waals surface area contributed by atoms with Crippen molar-refractivity contribution in [3.8, 4) is 5.75 Å². The second-order valence-electron chi connectivity index (χ2n) is 7.65. The van der Waals surface area contributed by atoms with E-state index in [0.717, 1.165) is 19.1 Å². The van der Waals surface area contributed by atoms with Gasteiger partial charge in [-0.1, -0.05) is 18.2 Å². The number of carbonyl (C=O) groups excluding carboxylic acids is 1. The molecule has 2 aromatic rings. The third-order valence-electron chi connectivity index (χ3n) is 5.11. The molecule has 2 N–H and O–H groups in total. The van der Waals surface area contributed by atoms with Gasteiger partial charge < -0.3 is 15.4 Å². The van der Waals surface area contributed by atoms with E-state index in [2.05, 4.69) is 10.6 Å². The Hall–Kier alpha value is -2.84. The van der Waals surface area contributed by atoms with Gasteiger partial charge in [-0.2, -0.15) is 13.2 Å². The number of hydrogen-bond acceptors (Lipinski definition) is 2. The van der Waals surface area contributed by atoms with E-state index < -0.39 is 23.7 Å². The molecular weight excluding hydrogens is 419 g/mol. The molecular formula is C22H23F5N2O2. The number of nitrogens with one attached hydrogen (secondary N) is 2. The highest BCUT2D eigenvalue weighted by molar-refractivity contribution is 5.89. The van der Waals surface area contributed by atoms with Gasteiger partial charge in [-0.15, -0.1) is 0 Å². The van der Waals surface area contributed by atoms with Crippen LogP contribution in [0.15, 0.2) is 48.5 Å². The zero-order chi connectivity index (χ0) is 22.6. The maximum Gasteiger partial charge on any atom is 0.416 e. The van der Waals surface area contributed by atoms with Crippen molar-refractivity contribution in [2.75, 3.05) is 5.32 Å². The first-order valence-corrected chi connectivity index (χ1v) is 9.91. The Labute approximate surface area is 176 Å². The lowest BCUT2D eigenvalue weighted by Crippen LogP contribution is -2.41. The number of anilines is 1. The molecule has 0 unspecified atom stereocenters. The molecule has 1 saturated carbocycles. The van der Waals surface area contributed by atoms with E-state index in [1.165, 1.54) is 30.3 Å². The minimum atomic E-state index is -4.49. The van der Waals surface area contributed by atoms with Gasteiger partial charge in [0.25, 0.3) is 5.92 Å². The van der Waals surface area contributed by atoms with E-state index in [1.54, 1.807) is 6.07 Å². The highest BCUT2D eigenvalue weighted by Gasteiger charge is 2.31. The Balaban J connectivity index is 1.50. The fourth-order valence-corrected chi connectivity index (χ4v) is 3.56. The first-order chi connectivity index (χ1) is 14.5. The van der Waals surface area contributed by atoms with Crippen LogP contribution in [0, 0.1) is 0 Å². The average Bonchev–Trinajstić information content (AvgIpc) is 2.68. The molecule has 0 spiro atoms. The molecule has 0 saturated heterocycles. The van der Waals surface area contributed by atoms with Crippen LogP contribution in [0.3, 0.4) is 0 Å². The molecule has 2 amide bonds. The van der Waals surface area contributed by atoms with Crippen molar-refractivity contribution >= 4 is 11.7 Å². The van der Waals surface area contributed by atoms with E-state index in [1.807, 2.05) is 0 Å². The van der Waals surface area contributed by atoms with Crippen LogP contribution in [0.2, 0.25) is 0 Å². The van der Waals surface area contributed by atoms with E-state index in [0.29, 0.717) is 25.7 Å². The summed E-state index contributed by atoms with van der Waals surface area (Å²) in [5.41, 5.74) is -0.974. The van der Waals surface area contributed by atoms with Crippen LogP contribution in [-0.2, 0) is 12.1 Å². The molecule has 4 nitrogen and oxygen atoms in total. The zero-order valence-electron chi connectivity index (χ0n) is 16.8. The maximum absolute atomic E-state index is 13.7. The Morgan fingerprint density at radius 2 is 1.65 bits per heavy atom. The number of rotatable bonds is 5. The number of amides is 2. The molecule has 1 aliphatic carbocycles. The molecule has 1 fully saturated rings. The summed E-state index contributed by atoms with van der Waals surface area (Å²) < 4.78 is 71.6. The Bertz CT molecular complexity index is 903. The van der Waals surface area contributed by atoms with Gasteiger partial charge in [0.1, 0.15) is 5.75 Å². The topological polar surface area (TPSA) is 50.4 Å². The summed E-state index contributed by atoms with van der Waals surface area (Å²) in [5, 5.41) is 5.15. The van der Waals surface area contributed by atoms with Crippen LogP contribution in [0.5, 0.6) is 5.75 Å². The van der Waals surface area contributed by atoms with Crippen LogP contribution in [0.1, 0.15) is 43.7 Å². The summed E-state index contributed by atoms with van der Waals surface area (Å²) in [6, 6.07) is 9.62. The number of alkyl halides is 5. The van der Waals surface area contributed by atoms with Crippen molar-refractivity contribution in [2.45, 2.75) is 56.9 Å². The average molecular weight is 442 g/mol. The molecule has 0 radical (unpaired) electrons. The fraction of sp³-hybridized carbons (Fsp3) is 0.409. The number of urea groups is 1. The van der Waals surface area contributed by atoms with Crippen molar-refractivity contribution in [1.82, 2.24) is 5.32 Å². The number of carbonyl (C=O) groups is 1. The molecule has 9 heteroatoms. The Morgan fingerprint density at radius 1 is 0.968 bits per heavy atom. The SMILES string of the molecule is CC(F)(F)c1ccccc1OC1CCC(NC(=O)Nc2cccc(C(F)(F)F)c2)CC1. The summed E-state index contributed by atoms with van der Waals surface area (Å²) in [6.45, 7) is 0.818. The number of ether oxygens (including phenoxy) is 1. The van der Waals surface area contributed by atoms with Gasteiger partial charge in [0, 0.05) is 18.7 Å². The first-order valence-electron chi connectivity index (χ1n) is 9.91. The van der Waals surface area contributed by atoms with E-state index in [4.69, 9.17) is 4.74 Å². The van der Waals surface area contributed by atoms with Gasteiger partial charge in [0.05, 0.1) is 17.2 Å². The van der Waals surface area contributed by atoms with Crippen LogP contribution in [-0.4, -0.2) is 18.2 Å². The largest absolute Gasteiger partial charge is 0.490 e. The van der Waals surface area contributed by atoms with E-state index >= 15 is 0 Å². The van der Waals surface area contributed by atoms with Crippen LogP contribution < -0.4 is 15.4 Å². The number of para-hydroxylation sites is 1. The van der Waals surface area contributed by atoms with Crippen molar-refractivity contribution in [1.29, 1.82) is 0 Å². The van der Waals surface area contributed by atoms with Crippen molar-refractivity contribution in [2.24, 2.45) is 0 Å². The third kappa shape index (κ3) is 6.32. The second kappa shape index (κ2) is 9.11. The third-order valence-corrected chi connectivity index (χ3v) is 5.11. The lowest BCUT2D eigenvalue weighted by atomic mass is 9.93. The van der Waals surface area contributed by atoms with Crippen LogP contribution in [0.4, 0.5) is 32.4 Å². The van der Waals surface area contributed by atoms with E-state index in [-0.39, 0.29) is 29.1 Å². The van der Waals surface area contributed by atoms with Gasteiger partial charge in [0.15, 0.2) is 0 Å². The van der Waals surface area contributed by atoms with E-state index in [9.17, 15) is 26.7 Å². The lowest BCUT2D eigenvalue weighted by Gasteiger charge is -2.30. The predicted molar refractivity (Wildman–Crippen MR) is 106 cm³/mol. The second-order valence-corrected chi connectivity index (χ2v) is 7.65. The standard InChI is InChI=1S/C22H23F5N2O2/c1-21(23,24)18-7-2-3-8-19(18)31-17-11-9-15(10-12-17)28-20(30)29-16-6-4-5-14(13-16)22(25,26)27/h2-8,13,15,17H,9-12H2,1H3,(H2,28,29,30). The minimum absolute atomic E-state index is 0.0430. The van der Waals surface area contributed by atoms with Gasteiger partial charge in [-0.25, -0.2) is 13.6 Å². The number of hydrogen-bond donors (Lipinski definition) is 2. The fourth-order valence-electron chi connectivity index (χ4n) is 3.56. The molecule has 1 aliphatic rings. The molecule has 0 heterocycles. The maximum atomic E-state index is 13.7. The zero-order valence-corrected chi connectivity index (χ0v) is 16.8. The predicted octanol–water partition coefficient (Wildman–Crippen LogP) is 6.33. The molecule has 168 valence electrons. The van der Waals surface area contributed by atoms with Crippen LogP contribution in [0.25, 0.3) is 0 Å². The molecule has 31 heavy (non-hydrogen) atoms. The molecule has 3 rings (SSSR count). The number of benzene rings is 2. The minimum Gasteiger partial charge on any atom is -0.490 e. The van der Waals surface area contributed by atoms with Crippen molar-refractivity contribution in [3.63, 3.8) is 0 Å². The highest BCUT2D eigenvalue weighted by Crippen LogP contribution is 2.36. The van der Waals surface area contributed by atoms with Gasteiger partial charge >= 0.3 is 12.2 Å². The summed E-state index contributed by atoms with van der Waals surface area (Å²) in [6.07, 6.45) is -2.52. The van der Waals surface area contributed by atoms with Crippen molar-refractivity contribution < 1.29 is 31.5 Å². The monoisotopic (exact) mass is 442 g/mol. The molecule has 0 atom stereocenters. The Morgan fingerprint density at radius 3 is 2.29 bits per heavy atom. The van der Waals surface area contributed by atoms with Crippen LogP contribution >= 0.6 is 0 Å². The lowest BCUT2D eigenvalue weighted by molar-refractivity contribution is -0.137. The normalized spacial score (nSPS) is 19.5. The Kier molecular flexibility index (Phi) is 6.71. The summed E-state index contributed by atoms with van der Waals surface area (Å²) in [5.74, 6) is -2.87. The molecule has 0 aliphatic heterocycles. The van der Waals surface area contributed by atoms with Gasteiger partial charge in [-0.05, 0) is 56.0 Å². The molecule has 2 aromatic carbocycles. The van der Waals surface area contributed by atoms with Gasteiger partial charge in [-0.3, -0.25) is 0 Å². The summed E-state index contributed by atoms with van der Waals surface area (Å²) in [4.78, 5) is 12.2. The molecule has 0 bridgehead atoms. The smallest absolute Gasteiger partial charge is 0.416 e. The first kappa shape index (κ1) is 22.8. The number of halogens is 5. The van der Waals surface area contributed by atoms with Gasteiger partial charge in [0.2, 0.25) is 0 Å². The molecule has 0 aromatic heterocycles. The quantitative estimate of drug-likeness (QED) is 0.532. The highest BCUT2D eigenvalue weighted by atomic mass is 19.4. The summed E-state index contributed by atoms with van der Waals surface area (Å²) >= 11 is 0.